The fourth-order valence-electron chi connectivity index (χ4n) is 4.16. The predicted octanol–water partition coefficient (Wildman–Crippen LogP) is 3.90. The first-order valence-corrected chi connectivity index (χ1v) is 10.2. The van der Waals surface area contributed by atoms with Crippen molar-refractivity contribution in [2.45, 2.75) is 63.8 Å². The van der Waals surface area contributed by atoms with Crippen LogP contribution in [0, 0.1) is 11.8 Å². The van der Waals surface area contributed by atoms with Crippen molar-refractivity contribution in [3.05, 3.63) is 35.4 Å². The second-order valence-corrected chi connectivity index (χ2v) is 8.72. The molecule has 1 saturated heterocycles. The van der Waals surface area contributed by atoms with Gasteiger partial charge < -0.3 is 10.2 Å². The number of hydrogen-bond donors (Lipinski definition) is 1. The Morgan fingerprint density at radius 2 is 1.80 bits per heavy atom. The van der Waals surface area contributed by atoms with Crippen LogP contribution in [-0.4, -0.2) is 36.5 Å². The standard InChI is InChI=1S/C22H32N2O/c1-15(2)17-5-7-18(8-6-17)20-13-21(20)22(25)24-11-9-19(10-12-24)23-14-16-3-4-16/h5-8,15-16,19-21,23H,3-4,9-14H2,1-2H3. The van der Waals surface area contributed by atoms with Gasteiger partial charge in [0.2, 0.25) is 5.91 Å². The molecule has 1 heterocycles. The maximum absolute atomic E-state index is 12.8. The molecule has 136 valence electrons. The normalized spacial score (nSPS) is 26.9. The van der Waals surface area contributed by atoms with E-state index in [1.807, 2.05) is 0 Å². The summed E-state index contributed by atoms with van der Waals surface area (Å²) >= 11 is 0. The highest BCUT2D eigenvalue weighted by Crippen LogP contribution is 2.48. The van der Waals surface area contributed by atoms with Crippen molar-refractivity contribution in [1.82, 2.24) is 10.2 Å². The van der Waals surface area contributed by atoms with Crippen molar-refractivity contribution < 1.29 is 4.79 Å². The molecular weight excluding hydrogens is 308 g/mol. The minimum absolute atomic E-state index is 0.237. The Balaban J connectivity index is 1.25. The molecule has 2 aliphatic carbocycles. The highest BCUT2D eigenvalue weighted by molar-refractivity contribution is 5.83. The van der Waals surface area contributed by atoms with Crippen molar-refractivity contribution in [3.8, 4) is 0 Å². The maximum Gasteiger partial charge on any atom is 0.226 e. The number of nitrogens with one attached hydrogen (secondary N) is 1. The van der Waals surface area contributed by atoms with Crippen LogP contribution in [0.3, 0.4) is 0 Å². The molecule has 4 rings (SSSR count). The van der Waals surface area contributed by atoms with Crippen LogP contribution in [0.25, 0.3) is 0 Å². The third-order valence-electron chi connectivity index (χ3n) is 6.34. The second-order valence-electron chi connectivity index (χ2n) is 8.72. The lowest BCUT2D eigenvalue weighted by atomic mass is 9.99. The van der Waals surface area contributed by atoms with E-state index < -0.39 is 0 Å². The van der Waals surface area contributed by atoms with E-state index in [1.165, 1.54) is 30.5 Å². The summed E-state index contributed by atoms with van der Waals surface area (Å²) in [7, 11) is 0. The van der Waals surface area contributed by atoms with E-state index in [1.54, 1.807) is 0 Å². The minimum Gasteiger partial charge on any atom is -0.342 e. The van der Waals surface area contributed by atoms with Crippen molar-refractivity contribution in [3.63, 3.8) is 0 Å². The van der Waals surface area contributed by atoms with E-state index in [9.17, 15) is 4.79 Å². The van der Waals surface area contributed by atoms with Crippen molar-refractivity contribution in [1.29, 1.82) is 0 Å². The number of likely N-dealkylation sites (tertiary alicyclic amines) is 1. The average molecular weight is 341 g/mol. The monoisotopic (exact) mass is 340 g/mol. The Hall–Kier alpha value is -1.35. The molecule has 3 nitrogen and oxygen atoms in total. The molecule has 1 aromatic rings. The van der Waals surface area contributed by atoms with Gasteiger partial charge in [-0.2, -0.15) is 0 Å². The Bertz CT molecular complexity index is 597. The number of carbonyl (C=O) groups excluding carboxylic acids is 1. The molecule has 0 radical (unpaired) electrons. The lowest BCUT2D eigenvalue weighted by Crippen LogP contribution is -2.46. The summed E-state index contributed by atoms with van der Waals surface area (Å²) in [5, 5.41) is 3.70. The first kappa shape index (κ1) is 17.1. The van der Waals surface area contributed by atoms with E-state index in [0.717, 1.165) is 38.3 Å². The minimum atomic E-state index is 0.237. The third kappa shape index (κ3) is 4.08. The van der Waals surface area contributed by atoms with Crippen LogP contribution in [-0.2, 0) is 4.79 Å². The van der Waals surface area contributed by atoms with Crippen LogP contribution in [0.2, 0.25) is 0 Å². The van der Waals surface area contributed by atoms with Gasteiger partial charge in [-0.05, 0) is 67.5 Å². The number of rotatable bonds is 6. The highest BCUT2D eigenvalue weighted by Gasteiger charge is 2.46. The summed E-state index contributed by atoms with van der Waals surface area (Å²) in [6.07, 6.45) is 6.11. The van der Waals surface area contributed by atoms with Gasteiger partial charge in [-0.3, -0.25) is 4.79 Å². The van der Waals surface area contributed by atoms with Crippen molar-refractivity contribution in [2.24, 2.45) is 11.8 Å². The Morgan fingerprint density at radius 3 is 2.40 bits per heavy atom. The van der Waals surface area contributed by atoms with Crippen LogP contribution in [0.1, 0.15) is 68.9 Å². The molecule has 3 fully saturated rings. The Morgan fingerprint density at radius 1 is 1.12 bits per heavy atom. The van der Waals surface area contributed by atoms with E-state index in [2.05, 4.69) is 48.3 Å². The summed E-state index contributed by atoms with van der Waals surface area (Å²) in [6.45, 7) is 7.52. The summed E-state index contributed by atoms with van der Waals surface area (Å²) in [6, 6.07) is 9.57. The van der Waals surface area contributed by atoms with Gasteiger partial charge in [-0.15, -0.1) is 0 Å². The molecule has 3 aliphatic rings. The zero-order chi connectivity index (χ0) is 17.4. The quantitative estimate of drug-likeness (QED) is 0.852. The smallest absolute Gasteiger partial charge is 0.226 e. The number of hydrogen-bond acceptors (Lipinski definition) is 2. The third-order valence-corrected chi connectivity index (χ3v) is 6.34. The predicted molar refractivity (Wildman–Crippen MR) is 102 cm³/mol. The summed E-state index contributed by atoms with van der Waals surface area (Å²) < 4.78 is 0. The maximum atomic E-state index is 12.8. The molecule has 2 saturated carbocycles. The van der Waals surface area contributed by atoms with Gasteiger partial charge in [0.15, 0.2) is 0 Å². The van der Waals surface area contributed by atoms with Gasteiger partial charge in [-0.25, -0.2) is 0 Å². The highest BCUT2D eigenvalue weighted by atomic mass is 16.2. The van der Waals surface area contributed by atoms with Gasteiger partial charge in [0.25, 0.3) is 0 Å². The van der Waals surface area contributed by atoms with Crippen LogP contribution in [0.4, 0.5) is 0 Å². The number of benzene rings is 1. The zero-order valence-electron chi connectivity index (χ0n) is 15.7. The van der Waals surface area contributed by atoms with E-state index in [4.69, 9.17) is 0 Å². The lowest BCUT2D eigenvalue weighted by Gasteiger charge is -2.33. The molecule has 1 N–H and O–H groups in total. The molecule has 1 amide bonds. The van der Waals surface area contributed by atoms with Gasteiger partial charge in [0.1, 0.15) is 0 Å². The molecule has 2 unspecified atom stereocenters. The van der Waals surface area contributed by atoms with E-state index >= 15 is 0 Å². The fourth-order valence-corrected chi connectivity index (χ4v) is 4.16. The lowest BCUT2D eigenvalue weighted by molar-refractivity contribution is -0.133. The SMILES string of the molecule is CC(C)c1ccc(C2CC2C(=O)N2CCC(NCC3CC3)CC2)cc1. The van der Waals surface area contributed by atoms with Gasteiger partial charge in [0, 0.05) is 25.0 Å². The molecule has 1 aliphatic heterocycles. The number of nitrogens with zero attached hydrogens (tertiary/aromatic N) is 1. The molecule has 0 spiro atoms. The summed E-state index contributed by atoms with van der Waals surface area (Å²) in [4.78, 5) is 14.9. The Labute approximate surface area is 152 Å². The summed E-state index contributed by atoms with van der Waals surface area (Å²) in [5.74, 6) is 2.60. The van der Waals surface area contributed by atoms with Crippen LogP contribution >= 0.6 is 0 Å². The van der Waals surface area contributed by atoms with Crippen molar-refractivity contribution in [2.75, 3.05) is 19.6 Å². The van der Waals surface area contributed by atoms with E-state index in [0.29, 0.717) is 23.8 Å². The molecule has 2 atom stereocenters. The van der Waals surface area contributed by atoms with Crippen LogP contribution in [0.15, 0.2) is 24.3 Å². The number of piperidine rings is 1. The van der Waals surface area contributed by atoms with Crippen molar-refractivity contribution >= 4 is 5.91 Å². The second kappa shape index (κ2) is 7.11. The van der Waals surface area contributed by atoms with E-state index in [-0.39, 0.29) is 5.92 Å². The number of carbonyl (C=O) groups is 1. The average Bonchev–Trinajstić information content (AvgIpc) is 3.54. The van der Waals surface area contributed by atoms with Crippen LogP contribution in [0.5, 0.6) is 0 Å². The largest absolute Gasteiger partial charge is 0.342 e. The first-order chi connectivity index (χ1) is 12.1. The molecule has 1 aromatic carbocycles. The Kier molecular flexibility index (Phi) is 4.86. The molecule has 0 bridgehead atoms. The van der Waals surface area contributed by atoms with Crippen LogP contribution < -0.4 is 5.32 Å². The topological polar surface area (TPSA) is 32.3 Å². The van der Waals surface area contributed by atoms with Gasteiger partial charge in [-0.1, -0.05) is 38.1 Å². The fraction of sp³-hybridized carbons (Fsp3) is 0.682. The molecule has 0 aromatic heterocycles. The first-order valence-electron chi connectivity index (χ1n) is 10.2. The van der Waals surface area contributed by atoms with Gasteiger partial charge in [0.05, 0.1) is 0 Å². The zero-order valence-corrected chi connectivity index (χ0v) is 15.7. The van der Waals surface area contributed by atoms with Gasteiger partial charge >= 0.3 is 0 Å². The molecular formula is C22H32N2O. The number of amides is 1. The summed E-state index contributed by atoms with van der Waals surface area (Å²) in [5.41, 5.74) is 2.73. The molecule has 25 heavy (non-hydrogen) atoms. The molecule has 3 heteroatoms.